The molecule has 7 heteroatoms. The van der Waals surface area contributed by atoms with Gasteiger partial charge in [-0.3, -0.25) is 4.79 Å². The van der Waals surface area contributed by atoms with Crippen LogP contribution in [0.3, 0.4) is 0 Å². The van der Waals surface area contributed by atoms with Gasteiger partial charge in [0.25, 0.3) is 0 Å². The third-order valence-corrected chi connectivity index (χ3v) is 5.32. The first-order chi connectivity index (χ1) is 10.8. The Balaban J connectivity index is 1.53. The number of nitrogens with one attached hydrogen (secondary N) is 1. The number of carbonyl (C=O) groups excluding carboxylic acids is 1. The van der Waals surface area contributed by atoms with Crippen LogP contribution in [0.25, 0.3) is 0 Å². The van der Waals surface area contributed by atoms with Crippen LogP contribution in [0.2, 0.25) is 0 Å². The van der Waals surface area contributed by atoms with Crippen LogP contribution in [0.4, 0.5) is 5.13 Å². The van der Waals surface area contributed by atoms with E-state index in [9.17, 15) is 4.79 Å². The van der Waals surface area contributed by atoms with E-state index in [0.717, 1.165) is 56.1 Å². The van der Waals surface area contributed by atoms with Crippen LogP contribution in [0, 0.1) is 5.92 Å². The number of rotatable bonds is 6. The first-order valence-corrected chi connectivity index (χ1v) is 8.90. The van der Waals surface area contributed by atoms with Gasteiger partial charge < -0.3 is 15.0 Å². The number of carbonyl (C=O) groups is 1. The van der Waals surface area contributed by atoms with Crippen LogP contribution in [0.15, 0.2) is 0 Å². The quantitative estimate of drug-likeness (QED) is 0.861. The summed E-state index contributed by atoms with van der Waals surface area (Å²) in [6, 6.07) is 0.244. The van der Waals surface area contributed by atoms with E-state index in [2.05, 4.69) is 19.6 Å². The van der Waals surface area contributed by atoms with Crippen molar-refractivity contribution in [2.24, 2.45) is 5.92 Å². The maximum atomic E-state index is 12.1. The van der Waals surface area contributed by atoms with E-state index in [1.54, 1.807) is 7.11 Å². The smallest absolute Gasteiger partial charge is 0.223 e. The first-order valence-electron chi connectivity index (χ1n) is 8.13. The van der Waals surface area contributed by atoms with E-state index in [1.807, 2.05) is 0 Å². The molecular weight excluding hydrogens is 300 g/mol. The highest BCUT2D eigenvalue weighted by Crippen LogP contribution is 2.27. The highest BCUT2D eigenvalue weighted by molar-refractivity contribution is 7.09. The standard InChI is InChI=1S/C15H24N4O2S/c1-21-9-7-13-17-15(22-18-13)19-8-3-6-12(10-19)16-14(20)11-4-2-5-11/h11-12H,2-10H2,1H3,(H,16,20). The van der Waals surface area contributed by atoms with Crippen LogP contribution < -0.4 is 10.2 Å². The lowest BCUT2D eigenvalue weighted by atomic mass is 9.84. The molecule has 2 heterocycles. The Morgan fingerprint density at radius 2 is 2.27 bits per heavy atom. The summed E-state index contributed by atoms with van der Waals surface area (Å²) >= 11 is 1.45. The second-order valence-electron chi connectivity index (χ2n) is 6.16. The van der Waals surface area contributed by atoms with Crippen LogP contribution in [0.5, 0.6) is 0 Å². The predicted octanol–water partition coefficient (Wildman–Crippen LogP) is 1.61. The zero-order valence-corrected chi connectivity index (χ0v) is 13.9. The molecule has 1 aliphatic carbocycles. The Bertz CT molecular complexity index is 503. The van der Waals surface area contributed by atoms with Crippen LogP contribution in [-0.2, 0) is 16.0 Å². The van der Waals surface area contributed by atoms with E-state index in [0.29, 0.717) is 6.61 Å². The summed E-state index contributed by atoms with van der Waals surface area (Å²) in [6.07, 6.45) is 6.21. The van der Waals surface area contributed by atoms with Gasteiger partial charge in [-0.15, -0.1) is 0 Å². The Morgan fingerprint density at radius 3 is 3.00 bits per heavy atom. The van der Waals surface area contributed by atoms with Crippen molar-refractivity contribution in [1.29, 1.82) is 0 Å². The van der Waals surface area contributed by atoms with E-state index in [-0.39, 0.29) is 17.9 Å². The van der Waals surface area contributed by atoms with Crippen LogP contribution >= 0.6 is 11.5 Å². The Kier molecular flexibility index (Phi) is 5.25. The van der Waals surface area contributed by atoms with E-state index in [1.165, 1.54) is 18.0 Å². The number of piperidine rings is 1. The summed E-state index contributed by atoms with van der Waals surface area (Å²) < 4.78 is 9.45. The van der Waals surface area contributed by atoms with Crippen molar-refractivity contribution in [3.05, 3.63) is 5.82 Å². The molecule has 6 nitrogen and oxygen atoms in total. The van der Waals surface area contributed by atoms with Gasteiger partial charge in [0, 0.05) is 50.1 Å². The SMILES string of the molecule is COCCc1nsc(N2CCCC(NC(=O)C3CCC3)C2)n1. The molecule has 1 aromatic heterocycles. The number of ether oxygens (including phenoxy) is 1. The third kappa shape index (κ3) is 3.76. The molecule has 1 aliphatic heterocycles. The fraction of sp³-hybridized carbons (Fsp3) is 0.800. The Labute approximate surface area is 135 Å². The number of nitrogens with zero attached hydrogens (tertiary/aromatic N) is 3. The molecule has 1 aromatic rings. The van der Waals surface area contributed by atoms with Gasteiger partial charge in [-0.2, -0.15) is 4.37 Å². The van der Waals surface area contributed by atoms with Gasteiger partial charge >= 0.3 is 0 Å². The number of hydrogen-bond acceptors (Lipinski definition) is 6. The molecule has 122 valence electrons. The predicted molar refractivity (Wildman–Crippen MR) is 86.2 cm³/mol. The largest absolute Gasteiger partial charge is 0.384 e. The average Bonchev–Trinajstić information content (AvgIpc) is 2.92. The van der Waals surface area contributed by atoms with Crippen molar-refractivity contribution in [3.8, 4) is 0 Å². The van der Waals surface area contributed by atoms with Crippen molar-refractivity contribution in [2.45, 2.75) is 44.6 Å². The molecule has 0 spiro atoms. The summed E-state index contributed by atoms with van der Waals surface area (Å²) in [6.45, 7) is 2.49. The molecule has 1 amide bonds. The summed E-state index contributed by atoms with van der Waals surface area (Å²) in [5.41, 5.74) is 0. The van der Waals surface area contributed by atoms with Crippen molar-refractivity contribution >= 4 is 22.6 Å². The molecule has 0 radical (unpaired) electrons. The minimum absolute atomic E-state index is 0.244. The lowest BCUT2D eigenvalue weighted by Crippen LogP contribution is -2.50. The first kappa shape index (κ1) is 15.7. The molecule has 0 aromatic carbocycles. The van der Waals surface area contributed by atoms with Gasteiger partial charge in [-0.1, -0.05) is 6.42 Å². The van der Waals surface area contributed by atoms with Crippen LogP contribution in [-0.4, -0.2) is 48.1 Å². The minimum Gasteiger partial charge on any atom is -0.384 e. The Hall–Kier alpha value is -1.21. The fourth-order valence-electron chi connectivity index (χ4n) is 2.93. The fourth-order valence-corrected chi connectivity index (χ4v) is 3.67. The Morgan fingerprint density at radius 1 is 1.41 bits per heavy atom. The molecule has 0 bridgehead atoms. The van der Waals surface area contributed by atoms with E-state index in [4.69, 9.17) is 4.74 Å². The topological polar surface area (TPSA) is 67.3 Å². The van der Waals surface area contributed by atoms with E-state index < -0.39 is 0 Å². The van der Waals surface area contributed by atoms with Gasteiger partial charge in [0.15, 0.2) is 0 Å². The number of anilines is 1. The van der Waals surface area contributed by atoms with Crippen molar-refractivity contribution in [2.75, 3.05) is 31.7 Å². The van der Waals surface area contributed by atoms with Gasteiger partial charge in [-0.25, -0.2) is 4.98 Å². The highest BCUT2D eigenvalue weighted by atomic mass is 32.1. The second-order valence-corrected chi connectivity index (χ2v) is 6.89. The maximum absolute atomic E-state index is 12.1. The molecule has 2 aliphatic rings. The average molecular weight is 324 g/mol. The molecule has 1 saturated heterocycles. The van der Waals surface area contributed by atoms with Gasteiger partial charge in [-0.05, 0) is 25.7 Å². The monoisotopic (exact) mass is 324 g/mol. The van der Waals surface area contributed by atoms with E-state index >= 15 is 0 Å². The maximum Gasteiger partial charge on any atom is 0.223 e. The molecule has 22 heavy (non-hydrogen) atoms. The summed E-state index contributed by atoms with van der Waals surface area (Å²) in [4.78, 5) is 18.9. The molecule has 1 saturated carbocycles. The van der Waals surface area contributed by atoms with Crippen molar-refractivity contribution < 1.29 is 9.53 Å². The normalized spacial score (nSPS) is 22.4. The van der Waals surface area contributed by atoms with Gasteiger partial charge in [0.2, 0.25) is 11.0 Å². The molecule has 3 rings (SSSR count). The highest BCUT2D eigenvalue weighted by Gasteiger charge is 2.29. The number of aromatic nitrogens is 2. The molecule has 1 N–H and O–H groups in total. The second kappa shape index (κ2) is 7.37. The lowest BCUT2D eigenvalue weighted by Gasteiger charge is -2.34. The number of amides is 1. The van der Waals surface area contributed by atoms with Crippen molar-refractivity contribution in [1.82, 2.24) is 14.7 Å². The number of hydrogen-bond donors (Lipinski definition) is 1. The molecular formula is C15H24N4O2S. The van der Waals surface area contributed by atoms with Gasteiger partial charge in [0.05, 0.1) is 6.61 Å². The van der Waals surface area contributed by atoms with Gasteiger partial charge in [0.1, 0.15) is 5.82 Å². The summed E-state index contributed by atoms with van der Waals surface area (Å²) in [5.74, 6) is 1.36. The lowest BCUT2D eigenvalue weighted by molar-refractivity contribution is -0.128. The minimum atomic E-state index is 0.244. The van der Waals surface area contributed by atoms with Crippen LogP contribution in [0.1, 0.15) is 37.9 Å². The third-order valence-electron chi connectivity index (χ3n) is 4.50. The molecule has 2 fully saturated rings. The zero-order chi connectivity index (χ0) is 15.4. The molecule has 1 atom stereocenters. The summed E-state index contributed by atoms with van der Waals surface area (Å²) in [7, 11) is 1.69. The zero-order valence-electron chi connectivity index (χ0n) is 13.1. The van der Waals surface area contributed by atoms with Crippen molar-refractivity contribution in [3.63, 3.8) is 0 Å². The molecule has 1 unspecified atom stereocenters. The number of methoxy groups -OCH3 is 1. The summed E-state index contributed by atoms with van der Waals surface area (Å²) in [5, 5.41) is 4.18.